The van der Waals surface area contributed by atoms with E-state index in [-0.39, 0.29) is 5.69 Å². The molecule has 1 aromatic carbocycles. The maximum atomic E-state index is 10.7. The van der Waals surface area contributed by atoms with E-state index in [4.69, 9.17) is 10.4 Å². The molecule has 0 amide bonds. The molecule has 0 spiro atoms. The van der Waals surface area contributed by atoms with Gasteiger partial charge >= 0.3 is 5.97 Å². The fourth-order valence-electron chi connectivity index (χ4n) is 1.69. The summed E-state index contributed by atoms with van der Waals surface area (Å²) in [6.07, 6.45) is 3.63. The van der Waals surface area contributed by atoms with Gasteiger partial charge in [0.15, 0.2) is 5.69 Å². The number of aromatic carboxylic acids is 1. The third-order valence-corrected chi connectivity index (χ3v) is 2.63. The normalized spacial score (nSPS) is 9.94. The van der Waals surface area contributed by atoms with Crippen molar-refractivity contribution in [3.05, 3.63) is 53.6 Å². The van der Waals surface area contributed by atoms with Gasteiger partial charge in [0.1, 0.15) is 0 Å². The van der Waals surface area contributed by atoms with Crippen molar-refractivity contribution in [2.45, 2.75) is 13.0 Å². The number of aryl methyl sites for hydroxylation is 2. The van der Waals surface area contributed by atoms with Crippen molar-refractivity contribution in [3.8, 4) is 6.07 Å². The molecule has 0 saturated carbocycles. The minimum atomic E-state index is -1.04. The van der Waals surface area contributed by atoms with E-state index in [0.29, 0.717) is 18.5 Å². The van der Waals surface area contributed by atoms with Crippen LogP contribution in [0.15, 0.2) is 36.8 Å². The third-order valence-electron chi connectivity index (χ3n) is 2.63. The van der Waals surface area contributed by atoms with E-state index < -0.39 is 5.97 Å². The highest BCUT2D eigenvalue weighted by Crippen LogP contribution is 2.09. The summed E-state index contributed by atoms with van der Waals surface area (Å²) in [5.41, 5.74) is 1.63. The van der Waals surface area contributed by atoms with Gasteiger partial charge in [0.05, 0.1) is 18.0 Å². The van der Waals surface area contributed by atoms with Gasteiger partial charge in [-0.15, -0.1) is 0 Å². The van der Waals surface area contributed by atoms with E-state index in [9.17, 15) is 4.79 Å². The van der Waals surface area contributed by atoms with Gasteiger partial charge in [-0.3, -0.25) is 0 Å². The molecular weight excluding hydrogens is 230 g/mol. The molecule has 0 radical (unpaired) electrons. The number of hydrogen-bond acceptors (Lipinski definition) is 3. The van der Waals surface area contributed by atoms with Crippen LogP contribution in [-0.4, -0.2) is 20.6 Å². The van der Waals surface area contributed by atoms with Crippen molar-refractivity contribution in [2.75, 3.05) is 0 Å². The number of carboxylic acids is 1. The smallest absolute Gasteiger partial charge is 0.356 e. The molecule has 0 fully saturated rings. The van der Waals surface area contributed by atoms with Crippen molar-refractivity contribution < 1.29 is 9.90 Å². The average Bonchev–Trinajstić information content (AvgIpc) is 2.85. The Balaban J connectivity index is 2.07. The fourth-order valence-corrected chi connectivity index (χ4v) is 1.69. The predicted octanol–water partition coefficient (Wildman–Crippen LogP) is 1.70. The van der Waals surface area contributed by atoms with Gasteiger partial charge in [-0.2, -0.15) is 5.26 Å². The molecule has 90 valence electrons. The lowest BCUT2D eigenvalue weighted by atomic mass is 10.1. The number of nitriles is 1. The molecule has 0 saturated heterocycles. The van der Waals surface area contributed by atoms with Crippen LogP contribution in [0.2, 0.25) is 0 Å². The van der Waals surface area contributed by atoms with Gasteiger partial charge < -0.3 is 9.67 Å². The zero-order valence-electron chi connectivity index (χ0n) is 9.58. The van der Waals surface area contributed by atoms with Crippen LogP contribution in [-0.2, 0) is 13.0 Å². The zero-order chi connectivity index (χ0) is 13.0. The molecule has 0 unspecified atom stereocenters. The Hall–Kier alpha value is -2.61. The molecular formula is C13H11N3O2. The first-order valence-corrected chi connectivity index (χ1v) is 5.44. The summed E-state index contributed by atoms with van der Waals surface area (Å²) < 4.78 is 1.71. The molecule has 18 heavy (non-hydrogen) atoms. The van der Waals surface area contributed by atoms with Gasteiger partial charge in [-0.25, -0.2) is 9.78 Å². The number of aromatic nitrogens is 2. The number of rotatable bonds is 4. The Bertz CT molecular complexity index is 611. The lowest BCUT2D eigenvalue weighted by molar-refractivity contribution is 0.0691. The molecule has 1 heterocycles. The SMILES string of the molecule is N#Cc1ccccc1CCn1cnc(C(=O)O)c1. The first-order chi connectivity index (χ1) is 8.70. The second-order valence-electron chi connectivity index (χ2n) is 3.82. The highest BCUT2D eigenvalue weighted by atomic mass is 16.4. The highest BCUT2D eigenvalue weighted by Gasteiger charge is 2.07. The molecule has 0 aliphatic carbocycles. The van der Waals surface area contributed by atoms with Crippen LogP contribution in [0.3, 0.4) is 0 Å². The Kier molecular flexibility index (Phi) is 3.39. The second-order valence-corrected chi connectivity index (χ2v) is 3.82. The first kappa shape index (κ1) is 11.9. The summed E-state index contributed by atoms with van der Waals surface area (Å²) in [4.78, 5) is 14.4. The quantitative estimate of drug-likeness (QED) is 0.883. The molecule has 0 aliphatic rings. The number of imidazole rings is 1. The number of hydrogen-bond donors (Lipinski definition) is 1. The minimum absolute atomic E-state index is 0.0311. The highest BCUT2D eigenvalue weighted by molar-refractivity contribution is 5.84. The number of carbonyl (C=O) groups is 1. The second kappa shape index (κ2) is 5.15. The minimum Gasteiger partial charge on any atom is -0.476 e. The molecule has 0 aliphatic heterocycles. The van der Waals surface area contributed by atoms with Crippen LogP contribution < -0.4 is 0 Å². The topological polar surface area (TPSA) is 78.9 Å². The van der Waals surface area contributed by atoms with Crippen LogP contribution in [0.5, 0.6) is 0 Å². The standard InChI is InChI=1S/C13H11N3O2/c14-7-11-4-2-1-3-10(11)5-6-16-8-12(13(17)18)15-9-16/h1-4,8-9H,5-6H2,(H,17,18). The Morgan fingerprint density at radius 3 is 2.89 bits per heavy atom. The summed E-state index contributed by atoms with van der Waals surface area (Å²) in [5, 5.41) is 17.7. The average molecular weight is 241 g/mol. The molecule has 5 nitrogen and oxygen atoms in total. The molecule has 1 N–H and O–H groups in total. The number of nitrogens with zero attached hydrogens (tertiary/aromatic N) is 3. The van der Waals surface area contributed by atoms with Gasteiger partial charge in [0.25, 0.3) is 0 Å². The molecule has 1 aromatic heterocycles. The van der Waals surface area contributed by atoms with E-state index >= 15 is 0 Å². The van der Waals surface area contributed by atoms with E-state index in [1.54, 1.807) is 10.6 Å². The lowest BCUT2D eigenvalue weighted by Crippen LogP contribution is -2.01. The summed E-state index contributed by atoms with van der Waals surface area (Å²) in [6.45, 7) is 0.596. The van der Waals surface area contributed by atoms with E-state index in [2.05, 4.69) is 11.1 Å². The van der Waals surface area contributed by atoms with Crippen molar-refractivity contribution in [3.63, 3.8) is 0 Å². The van der Waals surface area contributed by atoms with E-state index in [1.807, 2.05) is 18.2 Å². The van der Waals surface area contributed by atoms with Gasteiger partial charge in [-0.05, 0) is 18.1 Å². The summed E-state index contributed by atoms with van der Waals surface area (Å²) in [5.74, 6) is -1.04. The van der Waals surface area contributed by atoms with Crippen LogP contribution in [0, 0.1) is 11.3 Å². The first-order valence-electron chi connectivity index (χ1n) is 5.44. The number of carboxylic acid groups (broad SMARTS) is 1. The van der Waals surface area contributed by atoms with Crippen LogP contribution >= 0.6 is 0 Å². The zero-order valence-corrected chi connectivity index (χ0v) is 9.58. The van der Waals surface area contributed by atoms with Gasteiger partial charge in [0.2, 0.25) is 0 Å². The van der Waals surface area contributed by atoms with Gasteiger partial charge in [-0.1, -0.05) is 18.2 Å². The molecule has 5 heteroatoms. The Morgan fingerprint density at radius 1 is 1.44 bits per heavy atom. The predicted molar refractivity (Wildman–Crippen MR) is 64.0 cm³/mol. The number of benzene rings is 1. The van der Waals surface area contributed by atoms with Crippen LogP contribution in [0.25, 0.3) is 0 Å². The molecule has 2 rings (SSSR count). The van der Waals surface area contributed by atoms with Crippen molar-refractivity contribution >= 4 is 5.97 Å². The van der Waals surface area contributed by atoms with Gasteiger partial charge in [0, 0.05) is 12.7 Å². The monoisotopic (exact) mass is 241 g/mol. The lowest BCUT2D eigenvalue weighted by Gasteiger charge is -2.04. The summed E-state index contributed by atoms with van der Waals surface area (Å²) in [7, 11) is 0. The Morgan fingerprint density at radius 2 is 2.22 bits per heavy atom. The third kappa shape index (κ3) is 2.55. The maximum absolute atomic E-state index is 10.7. The molecule has 0 atom stereocenters. The Labute approximate surface area is 104 Å². The molecule has 0 bridgehead atoms. The molecule has 2 aromatic rings. The summed E-state index contributed by atoms with van der Waals surface area (Å²) in [6, 6.07) is 9.51. The fraction of sp³-hybridized carbons (Fsp3) is 0.154. The maximum Gasteiger partial charge on any atom is 0.356 e. The van der Waals surface area contributed by atoms with Crippen LogP contribution in [0.1, 0.15) is 21.6 Å². The van der Waals surface area contributed by atoms with Crippen molar-refractivity contribution in [2.24, 2.45) is 0 Å². The summed E-state index contributed by atoms with van der Waals surface area (Å²) >= 11 is 0. The van der Waals surface area contributed by atoms with Crippen molar-refractivity contribution in [1.82, 2.24) is 9.55 Å². The van der Waals surface area contributed by atoms with Crippen LogP contribution in [0.4, 0.5) is 0 Å². The largest absolute Gasteiger partial charge is 0.476 e. The van der Waals surface area contributed by atoms with Crippen molar-refractivity contribution in [1.29, 1.82) is 5.26 Å². The van der Waals surface area contributed by atoms with E-state index in [0.717, 1.165) is 5.56 Å². The van der Waals surface area contributed by atoms with E-state index in [1.165, 1.54) is 12.5 Å².